The van der Waals surface area contributed by atoms with E-state index in [1.165, 1.54) is 0 Å². The Morgan fingerprint density at radius 2 is 1.88 bits per heavy atom. The van der Waals surface area contributed by atoms with Gasteiger partial charge in [-0.25, -0.2) is 18.4 Å². The largest absolute Gasteiger partial charge is 0.386 e. The van der Waals surface area contributed by atoms with Gasteiger partial charge < -0.3 is 4.74 Å². The Balaban J connectivity index is 4.42. The molecule has 0 rings (SSSR count). The van der Waals surface area contributed by atoms with Gasteiger partial charge in [-0.2, -0.15) is 8.78 Å². The maximum absolute atomic E-state index is 12.5. The maximum Gasteiger partial charge on any atom is 0.341 e. The molecule has 0 bridgehead atoms. The van der Waals surface area contributed by atoms with Gasteiger partial charge in [0.15, 0.2) is 0 Å². The van der Waals surface area contributed by atoms with Crippen molar-refractivity contribution in [2.45, 2.75) is 18.8 Å². The standard InChI is InChI=1S/C9H8F4O3/c1-3-6(14)16-7(15)5(2)4-9(12,13)8(10)11/h3,8H,1-2,4H2. The fraction of sp³-hybridized carbons (Fsp3) is 0.333. The van der Waals surface area contributed by atoms with Crippen LogP contribution >= 0.6 is 0 Å². The molecule has 0 amide bonds. The number of ether oxygens (including phenoxy) is 1. The lowest BCUT2D eigenvalue weighted by molar-refractivity contribution is -0.156. The summed E-state index contributed by atoms with van der Waals surface area (Å²) in [7, 11) is 0. The number of hydrogen-bond donors (Lipinski definition) is 0. The van der Waals surface area contributed by atoms with E-state index in [1.54, 1.807) is 0 Å². The van der Waals surface area contributed by atoms with Crippen molar-refractivity contribution in [1.82, 2.24) is 0 Å². The van der Waals surface area contributed by atoms with Gasteiger partial charge in [-0.3, -0.25) is 0 Å². The van der Waals surface area contributed by atoms with Gasteiger partial charge in [0.05, 0.1) is 0 Å². The highest BCUT2D eigenvalue weighted by molar-refractivity contribution is 5.98. The van der Waals surface area contributed by atoms with Gasteiger partial charge in [0.1, 0.15) is 0 Å². The van der Waals surface area contributed by atoms with E-state index in [0.717, 1.165) is 0 Å². The van der Waals surface area contributed by atoms with Gasteiger partial charge in [0.25, 0.3) is 0 Å². The van der Waals surface area contributed by atoms with Crippen LogP contribution in [0.25, 0.3) is 0 Å². The number of hydrogen-bond acceptors (Lipinski definition) is 3. The van der Waals surface area contributed by atoms with Gasteiger partial charge in [0, 0.05) is 18.1 Å². The Labute approximate surface area is 88.4 Å². The zero-order valence-corrected chi connectivity index (χ0v) is 8.01. The van der Waals surface area contributed by atoms with Crippen LogP contribution in [-0.4, -0.2) is 24.3 Å². The van der Waals surface area contributed by atoms with E-state index in [0.29, 0.717) is 6.08 Å². The summed E-state index contributed by atoms with van der Waals surface area (Å²) in [6.45, 7) is 5.79. The first kappa shape index (κ1) is 14.3. The molecule has 0 aliphatic heterocycles. The predicted octanol–water partition coefficient (Wildman–Crippen LogP) is 2.09. The minimum atomic E-state index is -4.38. The van der Waals surface area contributed by atoms with Gasteiger partial charge in [-0.15, -0.1) is 0 Å². The SMILES string of the molecule is C=CC(=O)OC(=O)C(=C)CC(F)(F)C(F)F. The summed E-state index contributed by atoms with van der Waals surface area (Å²) in [5, 5.41) is 0. The van der Waals surface area contributed by atoms with Crippen molar-refractivity contribution in [1.29, 1.82) is 0 Å². The number of carbonyl (C=O) groups is 2. The van der Waals surface area contributed by atoms with E-state index < -0.39 is 36.3 Å². The van der Waals surface area contributed by atoms with Crippen LogP contribution in [-0.2, 0) is 14.3 Å². The quantitative estimate of drug-likeness (QED) is 0.320. The Kier molecular flexibility index (Phi) is 4.87. The third kappa shape index (κ3) is 4.24. The lowest BCUT2D eigenvalue weighted by atomic mass is 10.1. The maximum atomic E-state index is 12.5. The summed E-state index contributed by atoms with van der Waals surface area (Å²) < 4.78 is 52.3. The molecular weight excluding hydrogens is 232 g/mol. The third-order valence-corrected chi connectivity index (χ3v) is 1.42. The topological polar surface area (TPSA) is 43.4 Å². The predicted molar refractivity (Wildman–Crippen MR) is 46.0 cm³/mol. The minimum Gasteiger partial charge on any atom is -0.386 e. The number of rotatable bonds is 5. The number of halogens is 4. The summed E-state index contributed by atoms with van der Waals surface area (Å²) >= 11 is 0. The fourth-order valence-corrected chi connectivity index (χ4v) is 0.639. The lowest BCUT2D eigenvalue weighted by Gasteiger charge is -2.15. The normalized spacial score (nSPS) is 11.1. The molecule has 0 aliphatic carbocycles. The molecule has 0 saturated heterocycles. The van der Waals surface area contributed by atoms with E-state index in [4.69, 9.17) is 0 Å². The first-order valence-corrected chi connectivity index (χ1v) is 3.93. The average molecular weight is 240 g/mol. The molecule has 90 valence electrons. The Morgan fingerprint density at radius 3 is 2.25 bits per heavy atom. The molecule has 0 radical (unpaired) electrons. The molecule has 0 spiro atoms. The van der Waals surface area contributed by atoms with Gasteiger partial charge in [0.2, 0.25) is 0 Å². The first-order chi connectivity index (χ1) is 7.20. The molecule has 0 aliphatic rings. The molecule has 0 aromatic rings. The van der Waals surface area contributed by atoms with Crippen LogP contribution in [0.4, 0.5) is 17.6 Å². The molecule has 0 aromatic heterocycles. The molecule has 0 aromatic carbocycles. The second-order valence-electron chi connectivity index (χ2n) is 2.75. The van der Waals surface area contributed by atoms with Crippen molar-refractivity contribution in [2.24, 2.45) is 0 Å². The Morgan fingerprint density at radius 1 is 1.38 bits per heavy atom. The van der Waals surface area contributed by atoms with Gasteiger partial charge in [-0.05, 0) is 0 Å². The van der Waals surface area contributed by atoms with Crippen molar-refractivity contribution < 1.29 is 31.9 Å². The smallest absolute Gasteiger partial charge is 0.341 e. The van der Waals surface area contributed by atoms with Crippen LogP contribution in [0.2, 0.25) is 0 Å². The summed E-state index contributed by atoms with van der Waals surface area (Å²) in [6.07, 6.45) is -4.88. The highest BCUT2D eigenvalue weighted by atomic mass is 19.3. The minimum absolute atomic E-state index is 0.621. The highest BCUT2D eigenvalue weighted by Crippen LogP contribution is 2.29. The first-order valence-electron chi connectivity index (χ1n) is 3.93. The summed E-state index contributed by atoms with van der Waals surface area (Å²) in [5.74, 6) is -7.04. The molecule has 0 atom stereocenters. The second kappa shape index (κ2) is 5.43. The summed E-state index contributed by atoms with van der Waals surface area (Å²) in [4.78, 5) is 21.3. The van der Waals surface area contributed by atoms with Crippen LogP contribution in [0.5, 0.6) is 0 Å². The molecule has 0 fully saturated rings. The fourth-order valence-electron chi connectivity index (χ4n) is 0.639. The van der Waals surface area contributed by atoms with E-state index in [9.17, 15) is 27.2 Å². The van der Waals surface area contributed by atoms with Gasteiger partial charge >= 0.3 is 24.3 Å². The number of alkyl halides is 4. The third-order valence-electron chi connectivity index (χ3n) is 1.42. The highest BCUT2D eigenvalue weighted by Gasteiger charge is 2.42. The van der Waals surface area contributed by atoms with Crippen LogP contribution in [0, 0.1) is 0 Å². The Bertz CT molecular complexity index is 323. The molecule has 0 unspecified atom stereocenters. The van der Waals surface area contributed by atoms with E-state index in [-0.39, 0.29) is 0 Å². The van der Waals surface area contributed by atoms with Crippen molar-refractivity contribution in [3.05, 3.63) is 24.8 Å². The van der Waals surface area contributed by atoms with E-state index in [1.807, 2.05) is 0 Å². The number of carbonyl (C=O) groups excluding carboxylic acids is 2. The average Bonchev–Trinajstić information content (AvgIpc) is 2.16. The second-order valence-corrected chi connectivity index (χ2v) is 2.75. The van der Waals surface area contributed by atoms with E-state index >= 15 is 0 Å². The number of esters is 2. The zero-order valence-electron chi connectivity index (χ0n) is 8.01. The molecular formula is C9H8F4O3. The van der Waals surface area contributed by atoms with Gasteiger partial charge in [-0.1, -0.05) is 13.2 Å². The molecule has 16 heavy (non-hydrogen) atoms. The molecule has 0 N–H and O–H groups in total. The molecule has 3 nitrogen and oxygen atoms in total. The van der Waals surface area contributed by atoms with Crippen molar-refractivity contribution >= 4 is 11.9 Å². The van der Waals surface area contributed by atoms with Crippen molar-refractivity contribution in [3.63, 3.8) is 0 Å². The van der Waals surface area contributed by atoms with Crippen LogP contribution in [0.15, 0.2) is 24.8 Å². The van der Waals surface area contributed by atoms with Crippen molar-refractivity contribution in [2.75, 3.05) is 0 Å². The van der Waals surface area contributed by atoms with Crippen molar-refractivity contribution in [3.8, 4) is 0 Å². The molecule has 7 heteroatoms. The van der Waals surface area contributed by atoms with E-state index in [2.05, 4.69) is 17.9 Å². The monoisotopic (exact) mass is 240 g/mol. The summed E-state index contributed by atoms with van der Waals surface area (Å²) in [5.41, 5.74) is -0.916. The molecule has 0 heterocycles. The van der Waals surface area contributed by atoms with Crippen LogP contribution < -0.4 is 0 Å². The lowest BCUT2D eigenvalue weighted by Crippen LogP contribution is -2.29. The zero-order chi connectivity index (χ0) is 12.9. The molecule has 0 saturated carbocycles. The van der Waals surface area contributed by atoms with Crippen LogP contribution in [0.1, 0.15) is 6.42 Å². The Hall–Kier alpha value is -1.66. The summed E-state index contributed by atoms with van der Waals surface area (Å²) in [6, 6.07) is 0. The van der Waals surface area contributed by atoms with Crippen LogP contribution in [0.3, 0.4) is 0 Å².